The highest BCUT2D eigenvalue weighted by molar-refractivity contribution is 7.89. The zero-order valence-corrected chi connectivity index (χ0v) is 12.9. The highest BCUT2D eigenvalue weighted by Crippen LogP contribution is 2.22. The van der Waals surface area contributed by atoms with Crippen molar-refractivity contribution in [1.82, 2.24) is 4.83 Å². The molecule has 0 amide bonds. The largest absolute Gasteiger partial charge is 0.508 e. The molecule has 0 saturated heterocycles. The maximum Gasteiger partial charge on any atom is 0.276 e. The van der Waals surface area contributed by atoms with Gasteiger partial charge in [-0.3, -0.25) is 0 Å². The van der Waals surface area contributed by atoms with Crippen LogP contribution >= 0.6 is 0 Å². The van der Waals surface area contributed by atoms with Crippen LogP contribution in [0.25, 0.3) is 0 Å². The molecule has 6 nitrogen and oxygen atoms in total. The Labute approximate surface area is 128 Å². The normalized spacial score (nSPS) is 12.2. The summed E-state index contributed by atoms with van der Waals surface area (Å²) in [6, 6.07) is 10.3. The van der Waals surface area contributed by atoms with Crippen molar-refractivity contribution < 1.29 is 18.6 Å². The second-order valence-electron chi connectivity index (χ2n) is 4.81. The van der Waals surface area contributed by atoms with Crippen LogP contribution in [0.3, 0.4) is 0 Å². The third-order valence-electron chi connectivity index (χ3n) is 3.03. The average Bonchev–Trinajstić information content (AvgIpc) is 2.48. The van der Waals surface area contributed by atoms with E-state index in [2.05, 4.69) is 9.93 Å². The number of phenols is 2. The van der Waals surface area contributed by atoms with Crippen LogP contribution in [0.15, 0.2) is 52.5 Å². The zero-order valence-electron chi connectivity index (χ0n) is 12.1. The Morgan fingerprint density at radius 1 is 1.09 bits per heavy atom. The van der Waals surface area contributed by atoms with E-state index in [1.165, 1.54) is 37.3 Å². The summed E-state index contributed by atoms with van der Waals surface area (Å²) in [5.41, 5.74) is 1.42. The summed E-state index contributed by atoms with van der Waals surface area (Å²) >= 11 is 0. The van der Waals surface area contributed by atoms with Crippen molar-refractivity contribution in [3.63, 3.8) is 0 Å². The second-order valence-corrected chi connectivity index (χ2v) is 6.47. The predicted molar refractivity (Wildman–Crippen MR) is 83.5 cm³/mol. The highest BCUT2D eigenvalue weighted by Gasteiger charge is 2.13. The number of aromatic hydroxyl groups is 2. The Kier molecular flexibility index (Phi) is 4.37. The van der Waals surface area contributed by atoms with Crippen molar-refractivity contribution in [1.29, 1.82) is 0 Å². The van der Waals surface area contributed by atoms with E-state index in [1.807, 2.05) is 6.92 Å². The maximum atomic E-state index is 12.1. The molecule has 3 N–H and O–H groups in total. The quantitative estimate of drug-likeness (QED) is 0.456. The molecule has 0 aliphatic rings. The van der Waals surface area contributed by atoms with E-state index in [-0.39, 0.29) is 27.7 Å². The summed E-state index contributed by atoms with van der Waals surface area (Å²) in [7, 11) is -3.78. The topological polar surface area (TPSA) is 99.0 Å². The molecular formula is C15H16N2O4S. The van der Waals surface area contributed by atoms with Gasteiger partial charge in [0.25, 0.3) is 10.0 Å². The van der Waals surface area contributed by atoms with E-state index in [0.717, 1.165) is 5.56 Å². The lowest BCUT2D eigenvalue weighted by Gasteiger charge is -2.07. The number of hydrogen-bond acceptors (Lipinski definition) is 5. The zero-order chi connectivity index (χ0) is 16.3. The fourth-order valence-electron chi connectivity index (χ4n) is 1.77. The number of nitrogens with one attached hydrogen (secondary N) is 1. The number of hydrogen-bond donors (Lipinski definition) is 3. The van der Waals surface area contributed by atoms with Gasteiger partial charge in [-0.15, -0.1) is 0 Å². The second kappa shape index (κ2) is 6.07. The summed E-state index contributed by atoms with van der Waals surface area (Å²) in [5, 5.41) is 22.9. The standard InChI is InChI=1S/C15H16N2O4S/c1-10-3-6-13(7-4-10)22(20,21)17-16-11(2)14-9-12(18)5-8-15(14)19/h3-9,17-19H,1-2H3/b16-11-. The van der Waals surface area contributed by atoms with Gasteiger partial charge < -0.3 is 10.2 Å². The molecule has 0 fully saturated rings. The fourth-order valence-corrected chi connectivity index (χ4v) is 2.63. The molecule has 0 saturated carbocycles. The molecule has 0 spiro atoms. The van der Waals surface area contributed by atoms with Crippen molar-refractivity contribution >= 4 is 15.7 Å². The van der Waals surface area contributed by atoms with E-state index in [1.54, 1.807) is 12.1 Å². The molecule has 0 aliphatic carbocycles. The minimum absolute atomic E-state index is 0.0521. The minimum Gasteiger partial charge on any atom is -0.508 e. The maximum absolute atomic E-state index is 12.1. The van der Waals surface area contributed by atoms with Gasteiger partial charge in [0, 0.05) is 5.56 Å². The van der Waals surface area contributed by atoms with Crippen LogP contribution in [0.2, 0.25) is 0 Å². The number of aryl methyl sites for hydroxylation is 1. The first-order chi connectivity index (χ1) is 10.3. The van der Waals surface area contributed by atoms with Crippen LogP contribution in [0, 0.1) is 6.92 Å². The van der Waals surface area contributed by atoms with Crippen molar-refractivity contribution in [3.8, 4) is 11.5 Å². The molecule has 0 unspecified atom stereocenters. The van der Waals surface area contributed by atoms with E-state index in [4.69, 9.17) is 0 Å². The lowest BCUT2D eigenvalue weighted by molar-refractivity contribution is 0.459. The van der Waals surface area contributed by atoms with Gasteiger partial charge in [-0.05, 0) is 44.2 Å². The van der Waals surface area contributed by atoms with Gasteiger partial charge in [-0.1, -0.05) is 17.7 Å². The van der Waals surface area contributed by atoms with Crippen molar-refractivity contribution in [2.45, 2.75) is 18.7 Å². The molecule has 0 bridgehead atoms. The van der Waals surface area contributed by atoms with E-state index < -0.39 is 10.0 Å². The molecule has 0 atom stereocenters. The SMILES string of the molecule is C/C(=N/NS(=O)(=O)c1ccc(C)cc1)c1cc(O)ccc1O. The first-order valence-electron chi connectivity index (χ1n) is 6.45. The third-order valence-corrected chi connectivity index (χ3v) is 4.26. The number of nitrogens with zero attached hydrogens (tertiary/aromatic N) is 1. The fraction of sp³-hybridized carbons (Fsp3) is 0.133. The smallest absolute Gasteiger partial charge is 0.276 e. The molecule has 0 aromatic heterocycles. The Balaban J connectivity index is 2.26. The first kappa shape index (κ1) is 15.8. The lowest BCUT2D eigenvalue weighted by Crippen LogP contribution is -2.20. The molecule has 2 aromatic rings. The Bertz CT molecular complexity index is 812. The van der Waals surface area contributed by atoms with Crippen molar-refractivity contribution in [2.75, 3.05) is 0 Å². The van der Waals surface area contributed by atoms with Gasteiger partial charge in [0.2, 0.25) is 0 Å². The molecule has 22 heavy (non-hydrogen) atoms. The number of hydrazone groups is 1. The number of rotatable bonds is 4. The third kappa shape index (κ3) is 3.56. The highest BCUT2D eigenvalue weighted by atomic mass is 32.2. The Morgan fingerprint density at radius 3 is 2.36 bits per heavy atom. The van der Waals surface area contributed by atoms with Gasteiger partial charge in [-0.25, -0.2) is 0 Å². The van der Waals surface area contributed by atoms with Gasteiger partial charge in [-0.2, -0.15) is 18.4 Å². The molecule has 116 valence electrons. The van der Waals surface area contributed by atoms with Crippen LogP contribution in [0.1, 0.15) is 18.1 Å². The van der Waals surface area contributed by atoms with Gasteiger partial charge in [0.05, 0.1) is 10.6 Å². The molecule has 0 aliphatic heterocycles. The molecule has 0 heterocycles. The van der Waals surface area contributed by atoms with Crippen LogP contribution in [0.4, 0.5) is 0 Å². The van der Waals surface area contributed by atoms with Gasteiger partial charge in [0.1, 0.15) is 11.5 Å². The number of phenolic OH excluding ortho intramolecular Hbond substituents is 2. The van der Waals surface area contributed by atoms with Crippen LogP contribution in [-0.2, 0) is 10.0 Å². The van der Waals surface area contributed by atoms with E-state index >= 15 is 0 Å². The van der Waals surface area contributed by atoms with E-state index in [9.17, 15) is 18.6 Å². The summed E-state index contributed by atoms with van der Waals surface area (Å²) in [5.74, 6) is -0.155. The van der Waals surface area contributed by atoms with Crippen LogP contribution in [0.5, 0.6) is 11.5 Å². The molecular weight excluding hydrogens is 304 g/mol. The Morgan fingerprint density at radius 2 is 1.73 bits per heavy atom. The average molecular weight is 320 g/mol. The Hall–Kier alpha value is -2.54. The lowest BCUT2D eigenvalue weighted by atomic mass is 10.1. The van der Waals surface area contributed by atoms with Crippen LogP contribution < -0.4 is 4.83 Å². The first-order valence-corrected chi connectivity index (χ1v) is 7.93. The van der Waals surface area contributed by atoms with Crippen molar-refractivity contribution in [2.24, 2.45) is 5.10 Å². The predicted octanol–water partition coefficient (Wildman–Crippen LogP) is 2.11. The van der Waals surface area contributed by atoms with E-state index in [0.29, 0.717) is 0 Å². The summed E-state index contributed by atoms with van der Waals surface area (Å²) in [6.07, 6.45) is 0. The van der Waals surface area contributed by atoms with Crippen molar-refractivity contribution in [3.05, 3.63) is 53.6 Å². The monoisotopic (exact) mass is 320 g/mol. The summed E-state index contributed by atoms with van der Waals surface area (Å²) in [4.78, 5) is 2.20. The number of benzene rings is 2. The molecule has 2 aromatic carbocycles. The van der Waals surface area contributed by atoms with Gasteiger partial charge >= 0.3 is 0 Å². The molecule has 2 rings (SSSR count). The van der Waals surface area contributed by atoms with Crippen LogP contribution in [-0.4, -0.2) is 24.3 Å². The molecule has 0 radical (unpaired) electrons. The molecule has 7 heteroatoms. The summed E-state index contributed by atoms with van der Waals surface area (Å²) < 4.78 is 24.2. The summed E-state index contributed by atoms with van der Waals surface area (Å²) in [6.45, 7) is 3.38. The number of sulfonamides is 1. The minimum atomic E-state index is -3.78. The van der Waals surface area contributed by atoms with Gasteiger partial charge in [0.15, 0.2) is 0 Å².